The highest BCUT2D eigenvalue weighted by molar-refractivity contribution is 7.91. The van der Waals surface area contributed by atoms with Crippen molar-refractivity contribution in [2.24, 2.45) is 5.92 Å². The van der Waals surface area contributed by atoms with Crippen LogP contribution in [0.5, 0.6) is 0 Å². The molecule has 0 spiro atoms. The zero-order chi connectivity index (χ0) is 14.9. The molecule has 5 nitrogen and oxygen atoms in total. The Labute approximate surface area is 121 Å². The Bertz CT molecular complexity index is 563. The van der Waals surface area contributed by atoms with Crippen LogP contribution in [0.15, 0.2) is 6.20 Å². The Balaban J connectivity index is 2.10. The monoisotopic (exact) mass is 299 g/mol. The smallest absolute Gasteiger partial charge is 0.151 e. The van der Waals surface area contributed by atoms with E-state index in [0.717, 1.165) is 18.8 Å². The summed E-state index contributed by atoms with van der Waals surface area (Å²) >= 11 is 0. The molecule has 1 saturated heterocycles. The highest BCUT2D eigenvalue weighted by atomic mass is 32.2. The molecule has 6 heteroatoms. The highest BCUT2D eigenvalue weighted by Gasteiger charge is 2.24. The number of hydrogen-bond donors (Lipinski definition) is 0. The molecule has 1 aliphatic heterocycles. The molecule has 20 heavy (non-hydrogen) atoms. The Morgan fingerprint density at radius 3 is 2.75 bits per heavy atom. The van der Waals surface area contributed by atoms with Gasteiger partial charge in [-0.2, -0.15) is 5.10 Å². The van der Waals surface area contributed by atoms with E-state index in [1.165, 1.54) is 5.56 Å². The van der Waals surface area contributed by atoms with Crippen molar-refractivity contribution in [3.8, 4) is 0 Å². The van der Waals surface area contributed by atoms with Crippen LogP contribution in [0, 0.1) is 12.8 Å². The molecule has 0 radical (unpaired) electrons. The molecule has 1 aromatic heterocycles. The van der Waals surface area contributed by atoms with E-state index in [-0.39, 0.29) is 11.7 Å². The summed E-state index contributed by atoms with van der Waals surface area (Å²) < 4.78 is 25.6. The maximum absolute atomic E-state index is 11.8. The summed E-state index contributed by atoms with van der Waals surface area (Å²) in [6.07, 6.45) is 2.09. The van der Waals surface area contributed by atoms with Crippen molar-refractivity contribution in [3.63, 3.8) is 0 Å². The SMILES string of the molecule is Cc1nn(C(C)C)cc1CN1CCS(=O)(=O)C[C@H](C)C1. The van der Waals surface area contributed by atoms with E-state index >= 15 is 0 Å². The van der Waals surface area contributed by atoms with Gasteiger partial charge >= 0.3 is 0 Å². The largest absolute Gasteiger partial charge is 0.298 e. The lowest BCUT2D eigenvalue weighted by Gasteiger charge is -2.21. The third-order valence-electron chi connectivity index (χ3n) is 3.77. The molecule has 0 aromatic carbocycles. The number of sulfone groups is 1. The van der Waals surface area contributed by atoms with Gasteiger partial charge in [0.2, 0.25) is 0 Å². The van der Waals surface area contributed by atoms with Gasteiger partial charge in [-0.1, -0.05) is 6.92 Å². The van der Waals surface area contributed by atoms with Gasteiger partial charge in [0.15, 0.2) is 9.84 Å². The quantitative estimate of drug-likeness (QED) is 0.851. The van der Waals surface area contributed by atoms with Crippen molar-refractivity contribution in [2.45, 2.75) is 40.3 Å². The fraction of sp³-hybridized carbons (Fsp3) is 0.786. The van der Waals surface area contributed by atoms with Crippen LogP contribution in [-0.2, 0) is 16.4 Å². The fourth-order valence-corrected chi connectivity index (χ4v) is 4.37. The Kier molecular flexibility index (Phi) is 4.54. The van der Waals surface area contributed by atoms with Crippen molar-refractivity contribution in [3.05, 3.63) is 17.5 Å². The number of nitrogens with zero attached hydrogens (tertiary/aromatic N) is 3. The zero-order valence-corrected chi connectivity index (χ0v) is 13.7. The zero-order valence-electron chi connectivity index (χ0n) is 12.8. The van der Waals surface area contributed by atoms with Crippen molar-refractivity contribution in [2.75, 3.05) is 24.6 Å². The van der Waals surface area contributed by atoms with Crippen LogP contribution in [-0.4, -0.2) is 47.7 Å². The maximum Gasteiger partial charge on any atom is 0.151 e. The molecule has 2 rings (SSSR count). The average molecular weight is 299 g/mol. The van der Waals surface area contributed by atoms with Crippen molar-refractivity contribution >= 4 is 9.84 Å². The van der Waals surface area contributed by atoms with E-state index in [9.17, 15) is 8.42 Å². The van der Waals surface area contributed by atoms with Crippen LogP contribution in [0.3, 0.4) is 0 Å². The van der Waals surface area contributed by atoms with Gasteiger partial charge in [0, 0.05) is 37.4 Å². The average Bonchev–Trinajstić information content (AvgIpc) is 2.61. The lowest BCUT2D eigenvalue weighted by molar-refractivity contribution is 0.256. The highest BCUT2D eigenvalue weighted by Crippen LogP contribution is 2.17. The predicted molar refractivity (Wildman–Crippen MR) is 80.4 cm³/mol. The van der Waals surface area contributed by atoms with Crippen molar-refractivity contribution in [1.29, 1.82) is 0 Å². The molecule has 0 N–H and O–H groups in total. The molecule has 0 amide bonds. The summed E-state index contributed by atoms with van der Waals surface area (Å²) in [7, 11) is -2.87. The van der Waals surface area contributed by atoms with E-state index < -0.39 is 9.84 Å². The lowest BCUT2D eigenvalue weighted by Crippen LogP contribution is -2.28. The summed E-state index contributed by atoms with van der Waals surface area (Å²) in [6.45, 7) is 10.5. The Morgan fingerprint density at radius 1 is 1.45 bits per heavy atom. The van der Waals surface area contributed by atoms with Gasteiger partial charge in [0.25, 0.3) is 0 Å². The fourth-order valence-electron chi connectivity index (χ4n) is 2.69. The van der Waals surface area contributed by atoms with Crippen molar-refractivity contribution in [1.82, 2.24) is 14.7 Å². The van der Waals surface area contributed by atoms with Gasteiger partial charge in [0.1, 0.15) is 0 Å². The molecule has 1 atom stereocenters. The second-order valence-electron chi connectivity index (χ2n) is 6.27. The summed E-state index contributed by atoms with van der Waals surface area (Å²) in [6, 6.07) is 0.353. The topological polar surface area (TPSA) is 55.2 Å². The molecular weight excluding hydrogens is 274 g/mol. The number of hydrogen-bond acceptors (Lipinski definition) is 4. The first-order chi connectivity index (χ1) is 9.27. The van der Waals surface area contributed by atoms with Crippen LogP contribution < -0.4 is 0 Å². The summed E-state index contributed by atoms with van der Waals surface area (Å²) in [5.74, 6) is 0.783. The number of aryl methyl sites for hydroxylation is 1. The number of aromatic nitrogens is 2. The van der Waals surface area contributed by atoms with E-state index in [1.54, 1.807) is 0 Å². The molecule has 0 aliphatic carbocycles. The van der Waals surface area contributed by atoms with E-state index in [1.807, 2.05) is 18.5 Å². The molecule has 0 unspecified atom stereocenters. The van der Waals surface area contributed by atoms with Crippen LogP contribution in [0.4, 0.5) is 0 Å². The van der Waals surface area contributed by atoms with Gasteiger partial charge in [-0.3, -0.25) is 9.58 Å². The normalized spacial score (nSPS) is 23.9. The Morgan fingerprint density at radius 2 is 2.15 bits per heavy atom. The van der Waals surface area contributed by atoms with Crippen LogP contribution in [0.1, 0.15) is 38.1 Å². The Hall–Kier alpha value is -0.880. The van der Waals surface area contributed by atoms with Crippen LogP contribution >= 0.6 is 0 Å². The van der Waals surface area contributed by atoms with E-state index in [2.05, 4.69) is 30.0 Å². The van der Waals surface area contributed by atoms with Gasteiger partial charge in [-0.15, -0.1) is 0 Å². The molecule has 1 fully saturated rings. The minimum atomic E-state index is -2.87. The van der Waals surface area contributed by atoms with Gasteiger partial charge in [0.05, 0.1) is 17.2 Å². The van der Waals surface area contributed by atoms with Gasteiger partial charge < -0.3 is 0 Å². The molecule has 0 saturated carbocycles. The second kappa shape index (κ2) is 5.85. The lowest BCUT2D eigenvalue weighted by atomic mass is 10.2. The molecule has 1 aliphatic rings. The minimum absolute atomic E-state index is 0.197. The molecule has 0 bridgehead atoms. The van der Waals surface area contributed by atoms with E-state index in [0.29, 0.717) is 18.3 Å². The van der Waals surface area contributed by atoms with Crippen LogP contribution in [0.2, 0.25) is 0 Å². The number of rotatable bonds is 3. The summed E-state index contributed by atoms with van der Waals surface area (Å²) in [4.78, 5) is 2.24. The third kappa shape index (κ3) is 3.82. The van der Waals surface area contributed by atoms with Gasteiger partial charge in [-0.05, 0) is 26.7 Å². The summed E-state index contributed by atoms with van der Waals surface area (Å²) in [5.41, 5.74) is 2.24. The first kappa shape index (κ1) is 15.5. The molecule has 2 heterocycles. The predicted octanol–water partition coefficient (Wildman–Crippen LogP) is 1.64. The molecule has 114 valence electrons. The van der Waals surface area contributed by atoms with Crippen molar-refractivity contribution < 1.29 is 8.42 Å². The van der Waals surface area contributed by atoms with E-state index in [4.69, 9.17) is 0 Å². The van der Waals surface area contributed by atoms with Gasteiger partial charge in [-0.25, -0.2) is 8.42 Å². The first-order valence-electron chi connectivity index (χ1n) is 7.24. The first-order valence-corrected chi connectivity index (χ1v) is 9.06. The molecular formula is C14H25N3O2S. The molecule has 1 aromatic rings. The standard InChI is InChI=1S/C14H25N3O2S/c1-11(2)17-9-14(13(4)15-17)8-16-5-6-20(18,19)10-12(3)7-16/h9,11-12H,5-8,10H2,1-4H3/t12-/m1/s1. The summed E-state index contributed by atoms with van der Waals surface area (Å²) in [5, 5.41) is 4.52. The van der Waals surface area contributed by atoms with Crippen LogP contribution in [0.25, 0.3) is 0 Å². The second-order valence-corrected chi connectivity index (χ2v) is 8.50. The third-order valence-corrected chi connectivity index (χ3v) is 5.65. The maximum atomic E-state index is 11.8. The minimum Gasteiger partial charge on any atom is -0.298 e.